The zero-order valence-electron chi connectivity index (χ0n) is 37.7. The molecule has 4 N–H and O–H groups in total. The van der Waals surface area contributed by atoms with Gasteiger partial charge in [-0.2, -0.15) is 0 Å². The molecule has 4 heterocycles. The molecule has 1 spiro atoms. The van der Waals surface area contributed by atoms with E-state index in [-0.39, 0.29) is 47.1 Å². The number of aromatic nitrogens is 4. The van der Waals surface area contributed by atoms with Crippen LogP contribution in [-0.2, 0) is 19.1 Å². The third kappa shape index (κ3) is 8.97. The van der Waals surface area contributed by atoms with Crippen LogP contribution in [0.25, 0.3) is 44.4 Å². The molecule has 2 aromatic heterocycles. The van der Waals surface area contributed by atoms with Crippen molar-refractivity contribution in [3.8, 4) is 33.6 Å². The second kappa shape index (κ2) is 18.3. The lowest BCUT2D eigenvalue weighted by Crippen LogP contribution is -2.51. The monoisotopic (exact) mass is 869 g/mol. The van der Waals surface area contributed by atoms with E-state index in [1.165, 1.54) is 14.2 Å². The van der Waals surface area contributed by atoms with Crippen LogP contribution >= 0.6 is 0 Å². The highest BCUT2D eigenvalue weighted by Crippen LogP contribution is 2.58. The van der Waals surface area contributed by atoms with Gasteiger partial charge in [-0.15, -0.1) is 0 Å². The number of carbonyl (C=O) groups is 4. The first kappa shape index (κ1) is 44.1. The van der Waals surface area contributed by atoms with Gasteiger partial charge in [0, 0.05) is 37.8 Å². The van der Waals surface area contributed by atoms with E-state index in [1.807, 2.05) is 56.1 Å². The average molecular weight is 870 g/mol. The fraction of sp³-hybridized carbons (Fsp3) is 0.449. The number of hydrogen-bond acceptors (Lipinski definition) is 9. The number of likely N-dealkylation sites (tertiary alicyclic amines) is 2. The summed E-state index contributed by atoms with van der Waals surface area (Å²) in [5, 5.41) is 7.69. The minimum absolute atomic E-state index is 0.0527. The van der Waals surface area contributed by atoms with Gasteiger partial charge < -0.3 is 44.9 Å². The Kier molecular flexibility index (Phi) is 12.6. The Bertz CT molecular complexity index is 2540. The summed E-state index contributed by atoms with van der Waals surface area (Å²) in [7, 11) is 4.34. The van der Waals surface area contributed by atoms with Crippen LogP contribution in [0.4, 0.5) is 9.59 Å². The summed E-state index contributed by atoms with van der Waals surface area (Å²) < 4.78 is 9.68. The average Bonchev–Trinajstić information content (AvgIpc) is 3.80. The molecule has 3 fully saturated rings. The van der Waals surface area contributed by atoms with Gasteiger partial charge in [0.2, 0.25) is 11.8 Å². The molecule has 0 radical (unpaired) electrons. The van der Waals surface area contributed by atoms with Crippen molar-refractivity contribution in [3.63, 3.8) is 0 Å². The third-order valence-corrected chi connectivity index (χ3v) is 13.6. The SMILES string of the molecule is CCC(C)C(NC(=O)OC)C(=O)N1CC(C=NC)CC1c1ncc(-c2ccc3cc(-c4ccc(-c5cnc(C6CC7(CC7)CN6C(=O)C(NC(=O)OC)C(C)C)[nH]5)cc4)ccc3c2)[nH]1. The lowest BCUT2D eigenvalue weighted by Gasteiger charge is -2.30. The second-order valence-electron chi connectivity index (χ2n) is 18.2. The van der Waals surface area contributed by atoms with Crippen molar-refractivity contribution in [2.24, 2.45) is 28.2 Å². The zero-order valence-corrected chi connectivity index (χ0v) is 37.7. The number of imidazole rings is 2. The molecule has 64 heavy (non-hydrogen) atoms. The van der Waals surface area contributed by atoms with Gasteiger partial charge in [0.15, 0.2) is 0 Å². The maximum absolute atomic E-state index is 14.1. The quantitative estimate of drug-likeness (QED) is 0.0855. The van der Waals surface area contributed by atoms with Gasteiger partial charge >= 0.3 is 12.2 Å². The van der Waals surface area contributed by atoms with Crippen LogP contribution in [-0.4, -0.2) is 106 Å². The first-order valence-corrected chi connectivity index (χ1v) is 22.3. The summed E-state index contributed by atoms with van der Waals surface area (Å²) in [6, 6.07) is 19.2. The Balaban J connectivity index is 0.967. The van der Waals surface area contributed by atoms with Gasteiger partial charge in [0.1, 0.15) is 23.7 Å². The first-order chi connectivity index (χ1) is 30.8. The Hall–Kier alpha value is -6.51. The molecule has 5 aromatic rings. The third-order valence-electron chi connectivity index (χ3n) is 13.6. The number of rotatable bonds is 13. The van der Waals surface area contributed by atoms with Crippen molar-refractivity contribution in [3.05, 3.63) is 84.7 Å². The van der Waals surface area contributed by atoms with Crippen molar-refractivity contribution < 1.29 is 28.7 Å². The van der Waals surface area contributed by atoms with E-state index in [0.29, 0.717) is 31.8 Å². The lowest BCUT2D eigenvalue weighted by atomic mass is 9.97. The highest BCUT2D eigenvalue weighted by molar-refractivity contribution is 5.91. The van der Waals surface area contributed by atoms with E-state index in [9.17, 15) is 19.2 Å². The molecule has 0 bridgehead atoms. The number of ether oxygens (including phenoxy) is 2. The lowest BCUT2D eigenvalue weighted by molar-refractivity contribution is -0.136. The van der Waals surface area contributed by atoms with E-state index in [4.69, 9.17) is 19.4 Å². The zero-order chi connectivity index (χ0) is 45.3. The molecule has 4 amide bonds. The number of alkyl carbamates (subject to hydrolysis) is 2. The molecule has 15 heteroatoms. The number of benzene rings is 3. The van der Waals surface area contributed by atoms with Crippen LogP contribution in [0, 0.1) is 23.2 Å². The molecule has 3 aromatic carbocycles. The molecule has 3 aliphatic rings. The number of aliphatic imine (C=N–C) groups is 1. The summed E-state index contributed by atoms with van der Waals surface area (Å²) in [5.74, 6) is 1.01. The normalized spacial score (nSPS) is 20.5. The van der Waals surface area contributed by atoms with Crippen LogP contribution in [0.1, 0.15) is 83.5 Å². The van der Waals surface area contributed by atoms with Crippen molar-refractivity contribution in [2.45, 2.75) is 84.0 Å². The maximum atomic E-state index is 14.1. The van der Waals surface area contributed by atoms with Gasteiger partial charge in [-0.25, -0.2) is 19.6 Å². The molecule has 336 valence electrons. The summed E-state index contributed by atoms with van der Waals surface area (Å²) >= 11 is 0. The molecule has 6 unspecified atom stereocenters. The number of methoxy groups -OCH3 is 2. The van der Waals surface area contributed by atoms with E-state index in [2.05, 4.69) is 86.3 Å². The van der Waals surface area contributed by atoms with Crippen LogP contribution in [0.5, 0.6) is 0 Å². The number of hydrogen-bond donors (Lipinski definition) is 4. The van der Waals surface area contributed by atoms with Crippen molar-refractivity contribution >= 4 is 41.0 Å². The van der Waals surface area contributed by atoms with Crippen LogP contribution in [0.2, 0.25) is 0 Å². The van der Waals surface area contributed by atoms with Crippen LogP contribution < -0.4 is 10.6 Å². The number of amides is 4. The molecule has 15 nitrogen and oxygen atoms in total. The fourth-order valence-electron chi connectivity index (χ4n) is 9.43. The highest BCUT2D eigenvalue weighted by atomic mass is 16.5. The van der Waals surface area contributed by atoms with Crippen molar-refractivity contribution in [2.75, 3.05) is 34.4 Å². The Labute approximate surface area is 373 Å². The molecule has 2 aliphatic heterocycles. The summed E-state index contributed by atoms with van der Waals surface area (Å²) in [6.45, 7) is 8.92. The standard InChI is InChI=1S/C49H59N9O6/c1-8-29(4)42(56-48(62)64-7)46(60)57-26-30(23-50-5)19-39(57)43-51-25-38(54-43)36-16-15-34-20-33(13-14-35(34)21-36)31-9-11-32(12-10-31)37-24-52-44(53-37)40-22-49(17-18-49)27-58(40)45(59)41(28(2)3)55-47(61)63-6/h9-16,20-21,23-25,28-30,39-42H,8,17-19,22,26-27H2,1-7H3,(H,51,54)(H,52,53)(H,55,61)(H,56,62). The fourth-order valence-corrected chi connectivity index (χ4v) is 9.43. The molecular weight excluding hydrogens is 811 g/mol. The van der Waals surface area contributed by atoms with E-state index >= 15 is 0 Å². The smallest absolute Gasteiger partial charge is 0.407 e. The molecule has 8 rings (SSSR count). The Morgan fingerprint density at radius 1 is 0.781 bits per heavy atom. The highest BCUT2D eigenvalue weighted by Gasteiger charge is 2.55. The van der Waals surface area contributed by atoms with Crippen molar-refractivity contribution in [1.29, 1.82) is 0 Å². The molecule has 1 aliphatic carbocycles. The number of nitrogens with zero attached hydrogens (tertiary/aromatic N) is 5. The Morgan fingerprint density at radius 3 is 1.92 bits per heavy atom. The molecule has 1 saturated carbocycles. The minimum Gasteiger partial charge on any atom is -0.453 e. The van der Waals surface area contributed by atoms with Gasteiger partial charge in [-0.3, -0.25) is 9.59 Å². The molecule has 2 saturated heterocycles. The predicted molar refractivity (Wildman–Crippen MR) is 245 cm³/mol. The molecular formula is C49H59N9O6. The number of nitrogens with one attached hydrogen (secondary N) is 4. The van der Waals surface area contributed by atoms with Gasteiger partial charge in [-0.1, -0.05) is 82.6 Å². The number of carbonyl (C=O) groups excluding carboxylic acids is 4. The second-order valence-corrected chi connectivity index (χ2v) is 18.2. The molecule has 6 atom stereocenters. The maximum Gasteiger partial charge on any atom is 0.407 e. The van der Waals surface area contributed by atoms with E-state index < -0.39 is 24.3 Å². The summed E-state index contributed by atoms with van der Waals surface area (Å²) in [6.07, 6.45) is 8.66. The summed E-state index contributed by atoms with van der Waals surface area (Å²) in [4.78, 5) is 76.9. The number of aromatic amines is 2. The van der Waals surface area contributed by atoms with Gasteiger partial charge in [0.25, 0.3) is 0 Å². The van der Waals surface area contributed by atoms with Crippen LogP contribution in [0.15, 0.2) is 78.0 Å². The minimum atomic E-state index is -0.731. The van der Waals surface area contributed by atoms with E-state index in [0.717, 1.165) is 69.5 Å². The van der Waals surface area contributed by atoms with E-state index in [1.54, 1.807) is 7.05 Å². The van der Waals surface area contributed by atoms with Crippen molar-refractivity contribution in [1.82, 2.24) is 40.4 Å². The predicted octanol–water partition coefficient (Wildman–Crippen LogP) is 8.08. The van der Waals surface area contributed by atoms with Crippen LogP contribution in [0.3, 0.4) is 0 Å². The van der Waals surface area contributed by atoms with Gasteiger partial charge in [-0.05, 0) is 82.5 Å². The Morgan fingerprint density at radius 2 is 1.33 bits per heavy atom. The largest absolute Gasteiger partial charge is 0.453 e. The number of H-pyrrole nitrogens is 2. The number of fused-ring (bicyclic) bond motifs is 1. The topological polar surface area (TPSA) is 187 Å². The summed E-state index contributed by atoms with van der Waals surface area (Å²) in [5.41, 5.74) is 5.97. The first-order valence-electron chi connectivity index (χ1n) is 22.3. The van der Waals surface area contributed by atoms with Gasteiger partial charge in [0.05, 0.1) is 50.1 Å².